The van der Waals surface area contributed by atoms with Crippen LogP contribution in [0.1, 0.15) is 49.9 Å². The summed E-state index contributed by atoms with van der Waals surface area (Å²) in [5.41, 5.74) is 0.307. The van der Waals surface area contributed by atoms with Gasteiger partial charge in [0.05, 0.1) is 11.3 Å². The second kappa shape index (κ2) is 7.90. The molecule has 0 radical (unpaired) electrons. The van der Waals surface area contributed by atoms with Crippen molar-refractivity contribution in [3.05, 3.63) is 28.8 Å². The first-order chi connectivity index (χ1) is 9.49. The molecule has 0 aromatic heterocycles. The van der Waals surface area contributed by atoms with Crippen LogP contribution in [0.15, 0.2) is 18.2 Å². The lowest BCUT2D eigenvalue weighted by Crippen LogP contribution is -2.23. The minimum Gasteiger partial charge on any atom is -0.478 e. The maximum Gasteiger partial charge on any atom is 0.337 e. The molecule has 110 valence electrons. The lowest BCUT2D eigenvalue weighted by molar-refractivity contribution is -0.120. The molecule has 20 heavy (non-hydrogen) atoms. The molecule has 0 saturated carbocycles. The van der Waals surface area contributed by atoms with E-state index in [0.717, 1.165) is 25.7 Å². The highest BCUT2D eigenvalue weighted by Gasteiger charge is 2.19. The molecule has 0 atom stereocenters. The zero-order valence-corrected chi connectivity index (χ0v) is 12.5. The van der Waals surface area contributed by atoms with E-state index < -0.39 is 5.97 Å². The normalized spacial score (nSPS) is 10.6. The molecule has 0 aliphatic rings. The van der Waals surface area contributed by atoms with Crippen LogP contribution in [0.3, 0.4) is 0 Å². The van der Waals surface area contributed by atoms with Gasteiger partial charge in [-0.05, 0) is 31.0 Å². The van der Waals surface area contributed by atoms with Gasteiger partial charge in [0.2, 0.25) is 5.91 Å². The number of carbonyl (C=O) groups excluding carboxylic acids is 1. The van der Waals surface area contributed by atoms with Crippen molar-refractivity contribution in [2.24, 2.45) is 5.92 Å². The lowest BCUT2D eigenvalue weighted by Gasteiger charge is -2.16. The van der Waals surface area contributed by atoms with Gasteiger partial charge in [-0.2, -0.15) is 0 Å². The summed E-state index contributed by atoms with van der Waals surface area (Å²) in [6, 6.07) is 4.44. The van der Waals surface area contributed by atoms with E-state index in [1.54, 1.807) is 6.07 Å². The van der Waals surface area contributed by atoms with Gasteiger partial charge < -0.3 is 10.4 Å². The minimum absolute atomic E-state index is 0.0117. The predicted molar refractivity (Wildman–Crippen MR) is 80.3 cm³/mol. The number of halogens is 1. The van der Waals surface area contributed by atoms with Crippen molar-refractivity contribution in [3.63, 3.8) is 0 Å². The number of carbonyl (C=O) groups is 2. The van der Waals surface area contributed by atoms with Crippen molar-refractivity contribution in [1.82, 2.24) is 0 Å². The molecule has 1 rings (SSSR count). The topological polar surface area (TPSA) is 66.4 Å². The summed E-state index contributed by atoms with van der Waals surface area (Å²) >= 11 is 5.78. The lowest BCUT2D eigenvalue weighted by atomic mass is 9.97. The molecular formula is C15H20ClNO3. The molecule has 1 aromatic rings. The number of rotatable bonds is 7. The fourth-order valence-corrected chi connectivity index (χ4v) is 2.31. The average Bonchev–Trinajstić information content (AvgIpc) is 2.40. The van der Waals surface area contributed by atoms with Crippen LogP contribution >= 0.6 is 11.6 Å². The maximum absolute atomic E-state index is 12.2. The van der Waals surface area contributed by atoms with Gasteiger partial charge in [-0.25, -0.2) is 4.79 Å². The van der Waals surface area contributed by atoms with Gasteiger partial charge in [0.1, 0.15) is 0 Å². The Labute approximate surface area is 124 Å². The third-order valence-corrected chi connectivity index (χ3v) is 3.35. The Morgan fingerprint density at radius 1 is 1.25 bits per heavy atom. The second-order valence-corrected chi connectivity index (χ2v) is 5.20. The molecular weight excluding hydrogens is 278 g/mol. The SMILES string of the molecule is CCCC(CCC)C(=O)Nc1ccc(Cl)cc1C(=O)O. The van der Waals surface area contributed by atoms with E-state index in [0.29, 0.717) is 10.7 Å². The number of aromatic carboxylic acids is 1. The summed E-state index contributed by atoms with van der Waals surface area (Å²) in [6.07, 6.45) is 3.44. The third kappa shape index (κ3) is 4.53. The first-order valence-corrected chi connectivity index (χ1v) is 7.21. The van der Waals surface area contributed by atoms with E-state index in [2.05, 4.69) is 5.32 Å². The fraction of sp³-hybridized carbons (Fsp3) is 0.467. The van der Waals surface area contributed by atoms with E-state index >= 15 is 0 Å². The number of anilines is 1. The number of amides is 1. The molecule has 0 unspecified atom stereocenters. The van der Waals surface area contributed by atoms with Crippen molar-refractivity contribution in [2.75, 3.05) is 5.32 Å². The molecule has 1 amide bonds. The zero-order valence-electron chi connectivity index (χ0n) is 11.8. The van der Waals surface area contributed by atoms with E-state index in [1.807, 2.05) is 13.8 Å². The van der Waals surface area contributed by atoms with E-state index in [9.17, 15) is 9.59 Å². The molecule has 0 saturated heterocycles. The Hall–Kier alpha value is -1.55. The van der Waals surface area contributed by atoms with Gasteiger partial charge in [-0.15, -0.1) is 0 Å². The molecule has 0 fully saturated rings. The molecule has 1 aromatic carbocycles. The summed E-state index contributed by atoms with van der Waals surface area (Å²) in [6.45, 7) is 4.06. The number of hydrogen-bond donors (Lipinski definition) is 2. The van der Waals surface area contributed by atoms with E-state index in [4.69, 9.17) is 16.7 Å². The van der Waals surface area contributed by atoms with Crippen molar-refractivity contribution >= 4 is 29.2 Å². The van der Waals surface area contributed by atoms with Gasteiger partial charge in [0, 0.05) is 10.9 Å². The average molecular weight is 298 g/mol. The number of benzene rings is 1. The summed E-state index contributed by atoms with van der Waals surface area (Å²) in [4.78, 5) is 23.4. The molecule has 5 heteroatoms. The standard InChI is InChI=1S/C15H20ClNO3/c1-3-5-10(6-4-2)14(18)17-13-8-7-11(16)9-12(13)15(19)20/h7-10H,3-6H2,1-2H3,(H,17,18)(H,19,20). The Bertz CT molecular complexity index is 482. The van der Waals surface area contributed by atoms with Gasteiger partial charge >= 0.3 is 5.97 Å². The molecule has 0 bridgehead atoms. The smallest absolute Gasteiger partial charge is 0.337 e. The highest BCUT2D eigenvalue weighted by Crippen LogP contribution is 2.23. The summed E-state index contributed by atoms with van der Waals surface area (Å²) in [5, 5.41) is 12.2. The minimum atomic E-state index is -1.11. The van der Waals surface area contributed by atoms with Crippen molar-refractivity contribution in [1.29, 1.82) is 0 Å². The highest BCUT2D eigenvalue weighted by atomic mass is 35.5. The third-order valence-electron chi connectivity index (χ3n) is 3.11. The van der Waals surface area contributed by atoms with Crippen LogP contribution in [0.25, 0.3) is 0 Å². The summed E-state index contributed by atoms with van der Waals surface area (Å²) in [5.74, 6) is -1.31. The van der Waals surface area contributed by atoms with Crippen LogP contribution in [0.5, 0.6) is 0 Å². The number of carboxylic acids is 1. The Morgan fingerprint density at radius 2 is 1.85 bits per heavy atom. The Kier molecular flexibility index (Phi) is 6.52. The van der Waals surface area contributed by atoms with Gasteiger partial charge in [0.15, 0.2) is 0 Å². The largest absolute Gasteiger partial charge is 0.478 e. The van der Waals surface area contributed by atoms with E-state index in [-0.39, 0.29) is 17.4 Å². The highest BCUT2D eigenvalue weighted by molar-refractivity contribution is 6.31. The van der Waals surface area contributed by atoms with Gasteiger partial charge in [0.25, 0.3) is 0 Å². The number of nitrogens with one attached hydrogen (secondary N) is 1. The summed E-state index contributed by atoms with van der Waals surface area (Å²) in [7, 11) is 0. The van der Waals surface area contributed by atoms with Gasteiger partial charge in [-0.1, -0.05) is 38.3 Å². The van der Waals surface area contributed by atoms with Crippen LogP contribution in [0.4, 0.5) is 5.69 Å². The molecule has 0 aliphatic heterocycles. The van der Waals surface area contributed by atoms with Crippen LogP contribution in [0.2, 0.25) is 5.02 Å². The monoisotopic (exact) mass is 297 g/mol. The predicted octanol–water partition coefficient (Wildman–Crippen LogP) is 4.19. The molecule has 0 spiro atoms. The van der Waals surface area contributed by atoms with Crippen LogP contribution in [-0.2, 0) is 4.79 Å². The Balaban J connectivity index is 2.91. The summed E-state index contributed by atoms with van der Waals surface area (Å²) < 4.78 is 0. The first kappa shape index (κ1) is 16.5. The fourth-order valence-electron chi connectivity index (χ4n) is 2.14. The van der Waals surface area contributed by atoms with Crippen molar-refractivity contribution in [3.8, 4) is 0 Å². The van der Waals surface area contributed by atoms with E-state index in [1.165, 1.54) is 12.1 Å². The second-order valence-electron chi connectivity index (χ2n) is 4.76. The quantitative estimate of drug-likeness (QED) is 0.793. The number of hydrogen-bond acceptors (Lipinski definition) is 2. The zero-order chi connectivity index (χ0) is 15.1. The Morgan fingerprint density at radius 3 is 2.35 bits per heavy atom. The maximum atomic E-state index is 12.2. The van der Waals surface area contributed by atoms with Crippen molar-refractivity contribution in [2.45, 2.75) is 39.5 Å². The van der Waals surface area contributed by atoms with Crippen molar-refractivity contribution < 1.29 is 14.7 Å². The van der Waals surface area contributed by atoms with Crippen LogP contribution in [0, 0.1) is 5.92 Å². The van der Waals surface area contributed by atoms with Crippen LogP contribution < -0.4 is 5.32 Å². The molecule has 2 N–H and O–H groups in total. The van der Waals surface area contributed by atoms with Crippen LogP contribution in [-0.4, -0.2) is 17.0 Å². The van der Waals surface area contributed by atoms with Gasteiger partial charge in [-0.3, -0.25) is 4.79 Å². The molecule has 0 heterocycles. The first-order valence-electron chi connectivity index (χ1n) is 6.83. The molecule has 4 nitrogen and oxygen atoms in total. The number of carboxylic acid groups (broad SMARTS) is 1. The molecule has 0 aliphatic carbocycles.